The maximum Gasteiger partial charge on any atom is 0.348 e. The molecule has 1 aliphatic rings. The minimum absolute atomic E-state index is 0.497. The van der Waals surface area contributed by atoms with Gasteiger partial charge in [-0.25, -0.2) is 4.79 Å². The molecular weight excluding hydrogens is 248 g/mol. The minimum atomic E-state index is -0.942. The number of rotatable bonds is 2. The van der Waals surface area contributed by atoms with Gasteiger partial charge in [0.1, 0.15) is 12.0 Å². The quantitative estimate of drug-likeness (QED) is 0.850. The van der Waals surface area contributed by atoms with Crippen LogP contribution in [0.25, 0.3) is 11.3 Å². The lowest BCUT2D eigenvalue weighted by atomic mass is 10.2. The minimum Gasteiger partial charge on any atom is -0.478 e. The summed E-state index contributed by atoms with van der Waals surface area (Å²) in [5, 5.41) is 14.7. The van der Waals surface area contributed by atoms with Gasteiger partial charge in [-0.1, -0.05) is 35.5 Å². The molecule has 6 heteroatoms. The fraction of sp³-hybridized carbons (Fsp3) is 0.231. The zero-order chi connectivity index (χ0) is 13.5. The first-order valence-electron chi connectivity index (χ1n) is 5.81. The highest BCUT2D eigenvalue weighted by molar-refractivity contribution is 5.72. The Kier molecular flexibility index (Phi) is 4.66. The molecule has 1 atom stereocenters. The number of hydrogen-bond acceptors (Lipinski definition) is 5. The molecule has 1 saturated heterocycles. The number of aliphatic carboxylic acids is 1. The summed E-state index contributed by atoms with van der Waals surface area (Å²) in [6, 6.07) is 11.8. The van der Waals surface area contributed by atoms with Gasteiger partial charge in [0.15, 0.2) is 0 Å². The molecule has 19 heavy (non-hydrogen) atoms. The van der Waals surface area contributed by atoms with E-state index in [-0.39, 0.29) is 0 Å². The van der Waals surface area contributed by atoms with E-state index in [9.17, 15) is 4.79 Å². The van der Waals surface area contributed by atoms with E-state index >= 15 is 0 Å². The van der Waals surface area contributed by atoms with Gasteiger partial charge in [0.05, 0.1) is 6.61 Å². The molecule has 1 aliphatic heterocycles. The summed E-state index contributed by atoms with van der Waals surface area (Å²) in [4.78, 5) is 10.0. The Morgan fingerprint density at radius 2 is 2.11 bits per heavy atom. The summed E-state index contributed by atoms with van der Waals surface area (Å²) in [6.07, 6.45) is 0.803. The molecule has 100 valence electrons. The van der Waals surface area contributed by atoms with Crippen LogP contribution in [-0.2, 0) is 9.53 Å². The molecule has 2 heterocycles. The molecule has 1 aromatic carbocycles. The van der Waals surface area contributed by atoms with E-state index in [1.807, 2.05) is 36.4 Å². The van der Waals surface area contributed by atoms with Crippen molar-refractivity contribution in [3.8, 4) is 11.3 Å². The van der Waals surface area contributed by atoms with Gasteiger partial charge in [0, 0.05) is 18.2 Å². The molecule has 0 aliphatic carbocycles. The summed E-state index contributed by atoms with van der Waals surface area (Å²) in [5.74, 6) is -0.942. The summed E-state index contributed by atoms with van der Waals surface area (Å²) >= 11 is 0. The van der Waals surface area contributed by atoms with Crippen LogP contribution in [0.15, 0.2) is 47.2 Å². The summed E-state index contributed by atoms with van der Waals surface area (Å²) in [6.45, 7) is 1.13. The molecule has 0 bridgehead atoms. The molecule has 0 spiro atoms. The molecule has 3 rings (SSSR count). The van der Waals surface area contributed by atoms with E-state index in [2.05, 4.69) is 10.5 Å². The number of aromatic nitrogens is 1. The van der Waals surface area contributed by atoms with Gasteiger partial charge in [-0.15, -0.1) is 0 Å². The third-order valence-electron chi connectivity index (χ3n) is 2.45. The number of ether oxygens (including phenoxy) is 1. The van der Waals surface area contributed by atoms with Gasteiger partial charge in [-0.3, -0.25) is 5.32 Å². The van der Waals surface area contributed by atoms with E-state index < -0.39 is 12.2 Å². The number of nitrogens with zero attached hydrogens (tertiary/aromatic N) is 1. The highest BCUT2D eigenvalue weighted by Crippen LogP contribution is 2.14. The number of nitrogens with one attached hydrogen (secondary N) is 1. The van der Waals surface area contributed by atoms with Gasteiger partial charge in [0.25, 0.3) is 0 Å². The fourth-order valence-electron chi connectivity index (χ4n) is 1.55. The number of carbonyl (C=O) groups is 1. The topological polar surface area (TPSA) is 84.6 Å². The zero-order valence-electron chi connectivity index (χ0n) is 10.2. The average Bonchev–Trinajstić information content (AvgIpc) is 3.14. The number of carboxylic acid groups (broad SMARTS) is 1. The molecule has 0 radical (unpaired) electrons. The molecule has 1 aromatic heterocycles. The predicted molar refractivity (Wildman–Crippen MR) is 67.3 cm³/mol. The Bertz CT molecular complexity index is 493. The zero-order valence-corrected chi connectivity index (χ0v) is 10.2. The average molecular weight is 262 g/mol. The van der Waals surface area contributed by atoms with E-state index in [0.29, 0.717) is 13.2 Å². The normalized spacial score (nSPS) is 17.6. The van der Waals surface area contributed by atoms with Crippen molar-refractivity contribution in [2.24, 2.45) is 0 Å². The van der Waals surface area contributed by atoms with Crippen LogP contribution in [0, 0.1) is 0 Å². The van der Waals surface area contributed by atoms with Crippen molar-refractivity contribution in [1.29, 1.82) is 0 Å². The van der Waals surface area contributed by atoms with Crippen molar-refractivity contribution in [1.82, 2.24) is 10.5 Å². The Hall–Kier alpha value is -2.18. The van der Waals surface area contributed by atoms with Gasteiger partial charge in [-0.05, 0) is 0 Å². The summed E-state index contributed by atoms with van der Waals surface area (Å²) in [5.41, 5.74) is 1.96. The van der Waals surface area contributed by atoms with Crippen LogP contribution in [0.3, 0.4) is 0 Å². The Balaban J connectivity index is 0.000000148. The van der Waals surface area contributed by atoms with Crippen LogP contribution < -0.4 is 5.32 Å². The van der Waals surface area contributed by atoms with E-state index in [0.717, 1.165) is 11.3 Å². The largest absolute Gasteiger partial charge is 0.478 e. The Morgan fingerprint density at radius 1 is 1.32 bits per heavy atom. The Morgan fingerprint density at radius 3 is 2.58 bits per heavy atom. The standard InChI is InChI=1S/C9H7NO.C4H7NO3/c1-2-4-8(5-3-1)9-6-7-11-10-9;6-4(7)3-5-1-2-8-3/h1-7H;3,5H,1-2H2,(H,6,7). The molecular formula is C13H14N2O4. The van der Waals surface area contributed by atoms with Crippen LogP contribution in [0.5, 0.6) is 0 Å². The van der Waals surface area contributed by atoms with E-state index in [1.165, 1.54) is 0 Å². The van der Waals surface area contributed by atoms with Crippen LogP contribution >= 0.6 is 0 Å². The first-order chi connectivity index (χ1) is 9.27. The second-order valence-electron chi connectivity index (χ2n) is 3.79. The van der Waals surface area contributed by atoms with E-state index in [1.54, 1.807) is 6.26 Å². The number of benzene rings is 1. The molecule has 2 N–H and O–H groups in total. The predicted octanol–water partition coefficient (Wildman–Crippen LogP) is 1.36. The number of carboxylic acids is 1. The Labute approximate surface area is 110 Å². The van der Waals surface area contributed by atoms with Gasteiger partial charge >= 0.3 is 5.97 Å². The fourth-order valence-corrected chi connectivity index (χ4v) is 1.55. The first kappa shape index (κ1) is 13.3. The van der Waals surface area contributed by atoms with Crippen molar-refractivity contribution in [2.75, 3.05) is 13.2 Å². The summed E-state index contributed by atoms with van der Waals surface area (Å²) in [7, 11) is 0. The second-order valence-corrected chi connectivity index (χ2v) is 3.79. The molecule has 0 saturated carbocycles. The lowest BCUT2D eigenvalue weighted by Gasteiger charge is -1.99. The van der Waals surface area contributed by atoms with Crippen molar-refractivity contribution >= 4 is 5.97 Å². The molecule has 1 fully saturated rings. The van der Waals surface area contributed by atoms with Crippen molar-refractivity contribution < 1.29 is 19.2 Å². The molecule has 6 nitrogen and oxygen atoms in total. The van der Waals surface area contributed by atoms with Crippen LogP contribution in [0.4, 0.5) is 0 Å². The SMILES string of the molecule is O=C(O)C1NCCO1.c1ccc(-c2ccon2)cc1. The van der Waals surface area contributed by atoms with Crippen LogP contribution in [-0.4, -0.2) is 35.6 Å². The van der Waals surface area contributed by atoms with Gasteiger partial charge in [0.2, 0.25) is 6.23 Å². The van der Waals surface area contributed by atoms with Crippen molar-refractivity contribution in [3.63, 3.8) is 0 Å². The third kappa shape index (κ3) is 3.90. The number of hydrogen-bond donors (Lipinski definition) is 2. The molecule has 2 aromatic rings. The maximum atomic E-state index is 10.0. The van der Waals surface area contributed by atoms with Crippen molar-refractivity contribution in [2.45, 2.75) is 6.23 Å². The maximum absolute atomic E-state index is 10.0. The van der Waals surface area contributed by atoms with Gasteiger partial charge in [-0.2, -0.15) is 0 Å². The lowest BCUT2D eigenvalue weighted by Crippen LogP contribution is -2.31. The smallest absolute Gasteiger partial charge is 0.348 e. The first-order valence-corrected chi connectivity index (χ1v) is 5.81. The van der Waals surface area contributed by atoms with E-state index in [4.69, 9.17) is 14.4 Å². The molecule has 1 unspecified atom stereocenters. The lowest BCUT2D eigenvalue weighted by molar-refractivity contribution is -0.148. The van der Waals surface area contributed by atoms with Crippen LogP contribution in [0.1, 0.15) is 0 Å². The third-order valence-corrected chi connectivity index (χ3v) is 2.45. The van der Waals surface area contributed by atoms with Crippen molar-refractivity contribution in [3.05, 3.63) is 42.7 Å². The van der Waals surface area contributed by atoms with Gasteiger partial charge < -0.3 is 14.4 Å². The highest BCUT2D eigenvalue weighted by Gasteiger charge is 2.20. The molecule has 0 amide bonds. The highest BCUT2D eigenvalue weighted by atomic mass is 16.5. The monoisotopic (exact) mass is 262 g/mol. The second kappa shape index (κ2) is 6.67. The van der Waals surface area contributed by atoms with Crippen LogP contribution in [0.2, 0.25) is 0 Å². The summed E-state index contributed by atoms with van der Waals surface area (Å²) < 4.78 is 9.42.